The van der Waals surface area contributed by atoms with Crippen molar-refractivity contribution in [2.45, 2.75) is 0 Å². The number of nitrogens with one attached hydrogen (secondary N) is 1. The minimum atomic E-state index is -1.28. The molecule has 0 saturated heterocycles. The molecule has 7 nitrogen and oxygen atoms in total. The molecule has 1 amide bonds. The number of carboxylic acid groups (broad SMARTS) is 2. The normalized spacial score (nSPS) is 8.83. The van der Waals surface area contributed by atoms with E-state index in [0.29, 0.717) is 0 Å². The number of hydrogen-bond donors (Lipinski definition) is 4. The van der Waals surface area contributed by atoms with Crippen LogP contribution >= 0.6 is 0 Å². The summed E-state index contributed by atoms with van der Waals surface area (Å²) in [7, 11) is 2.83. The van der Waals surface area contributed by atoms with Crippen LogP contribution in [0.15, 0.2) is 18.2 Å². The molecule has 18 heavy (non-hydrogen) atoms. The van der Waals surface area contributed by atoms with Crippen molar-refractivity contribution in [3.8, 4) is 0 Å². The average Bonchev–Trinajstić information content (AvgIpc) is 2.39. The smallest absolute Gasteiger partial charge is 0.336 e. The van der Waals surface area contributed by atoms with E-state index >= 15 is 0 Å². The molecule has 0 unspecified atom stereocenters. The Morgan fingerprint density at radius 3 is 2.00 bits per heavy atom. The molecule has 0 heterocycles. The molecule has 0 atom stereocenters. The Hall–Kier alpha value is -2.41. The third kappa shape index (κ3) is 3.56. The maximum atomic E-state index is 11.3. The maximum absolute atomic E-state index is 11.3. The van der Waals surface area contributed by atoms with Crippen LogP contribution in [0.25, 0.3) is 0 Å². The van der Waals surface area contributed by atoms with Crippen molar-refractivity contribution in [2.24, 2.45) is 5.73 Å². The van der Waals surface area contributed by atoms with Crippen LogP contribution < -0.4 is 11.1 Å². The van der Waals surface area contributed by atoms with Gasteiger partial charge in [0.2, 0.25) is 0 Å². The summed E-state index contributed by atoms with van der Waals surface area (Å²) in [6.45, 7) is 0. The summed E-state index contributed by atoms with van der Waals surface area (Å²) in [4.78, 5) is 32.8. The summed E-state index contributed by atoms with van der Waals surface area (Å²) in [5, 5.41) is 19.8. The lowest BCUT2D eigenvalue weighted by Gasteiger charge is -2.05. The second-order valence-corrected chi connectivity index (χ2v) is 2.95. The molecule has 5 N–H and O–H groups in total. The molecule has 0 aromatic heterocycles. The fourth-order valence-corrected chi connectivity index (χ4v) is 1.19. The number of carboxylic acids is 2. The third-order valence-electron chi connectivity index (χ3n) is 1.97. The first kappa shape index (κ1) is 15.6. The lowest BCUT2D eigenvalue weighted by molar-refractivity contribution is 0.0678. The first-order valence-corrected chi connectivity index (χ1v) is 4.87. The molecular formula is C11H14N2O5. The number of aromatic carboxylic acids is 2. The van der Waals surface area contributed by atoms with Crippen LogP contribution in [0.3, 0.4) is 0 Å². The van der Waals surface area contributed by atoms with E-state index in [1.54, 1.807) is 0 Å². The molecule has 1 rings (SSSR count). The number of carbonyl (C=O) groups is 3. The van der Waals surface area contributed by atoms with Crippen LogP contribution in [0.1, 0.15) is 31.1 Å². The second kappa shape index (κ2) is 7.02. The molecule has 0 radical (unpaired) electrons. The van der Waals surface area contributed by atoms with Gasteiger partial charge in [-0.2, -0.15) is 0 Å². The summed E-state index contributed by atoms with van der Waals surface area (Å²) < 4.78 is 0. The number of amides is 1. The lowest BCUT2D eigenvalue weighted by atomic mass is 10.0. The van der Waals surface area contributed by atoms with Crippen molar-refractivity contribution in [2.75, 3.05) is 14.1 Å². The highest BCUT2D eigenvalue weighted by atomic mass is 16.4. The number of rotatable bonds is 3. The highest BCUT2D eigenvalue weighted by Crippen LogP contribution is 2.12. The Bertz CT molecular complexity index is 471. The topological polar surface area (TPSA) is 130 Å². The Morgan fingerprint density at radius 1 is 1.06 bits per heavy atom. The number of carbonyl (C=O) groups excluding carboxylic acids is 1. The summed E-state index contributed by atoms with van der Waals surface area (Å²) in [6, 6.07) is 3.26. The Balaban J connectivity index is 0.00000137. The van der Waals surface area contributed by atoms with Crippen LogP contribution in [0, 0.1) is 0 Å². The van der Waals surface area contributed by atoms with Crippen LogP contribution in [-0.2, 0) is 0 Å². The summed E-state index contributed by atoms with van der Waals surface area (Å²) >= 11 is 0. The maximum Gasteiger partial charge on any atom is 0.336 e. The SMILES string of the molecule is CN.CNC(=O)c1cc(C(=O)O)ccc1C(=O)O. The highest BCUT2D eigenvalue weighted by molar-refractivity contribution is 6.06. The van der Waals surface area contributed by atoms with E-state index in [0.717, 1.165) is 18.2 Å². The zero-order valence-corrected chi connectivity index (χ0v) is 9.93. The van der Waals surface area contributed by atoms with E-state index in [1.807, 2.05) is 0 Å². The molecule has 0 aliphatic carbocycles. The fraction of sp³-hybridized carbons (Fsp3) is 0.182. The summed E-state index contributed by atoms with van der Waals surface area (Å²) in [5.74, 6) is -3.14. The van der Waals surface area contributed by atoms with E-state index in [-0.39, 0.29) is 16.7 Å². The van der Waals surface area contributed by atoms with E-state index in [2.05, 4.69) is 11.1 Å². The van der Waals surface area contributed by atoms with Crippen LogP contribution in [0.5, 0.6) is 0 Å². The van der Waals surface area contributed by atoms with Gasteiger partial charge in [0.25, 0.3) is 5.91 Å². The molecule has 0 fully saturated rings. The predicted molar refractivity (Wildman–Crippen MR) is 63.9 cm³/mol. The molecule has 0 aliphatic rings. The standard InChI is InChI=1S/C10H9NO5.CH5N/c1-11-8(12)7-4-5(9(13)14)2-3-6(7)10(15)16;1-2/h2-4H,1H3,(H,11,12)(H,13,14)(H,15,16);2H2,1H3. The van der Waals surface area contributed by atoms with Crippen LogP contribution in [0.2, 0.25) is 0 Å². The van der Waals surface area contributed by atoms with Crippen LogP contribution in [0.4, 0.5) is 0 Å². The fourth-order valence-electron chi connectivity index (χ4n) is 1.19. The quantitative estimate of drug-likeness (QED) is 0.601. The van der Waals surface area contributed by atoms with Gasteiger partial charge in [0, 0.05) is 7.05 Å². The lowest BCUT2D eigenvalue weighted by Crippen LogP contribution is -2.21. The molecule has 98 valence electrons. The highest BCUT2D eigenvalue weighted by Gasteiger charge is 2.17. The molecule has 0 saturated carbocycles. The van der Waals surface area contributed by atoms with Gasteiger partial charge in [0.15, 0.2) is 0 Å². The van der Waals surface area contributed by atoms with Gasteiger partial charge in [-0.05, 0) is 25.2 Å². The molecule has 7 heteroatoms. The van der Waals surface area contributed by atoms with E-state index in [1.165, 1.54) is 14.1 Å². The molecular weight excluding hydrogens is 240 g/mol. The third-order valence-corrected chi connectivity index (χ3v) is 1.97. The largest absolute Gasteiger partial charge is 0.478 e. The molecule has 1 aromatic carbocycles. The van der Waals surface area contributed by atoms with Gasteiger partial charge < -0.3 is 21.3 Å². The summed E-state index contributed by atoms with van der Waals surface area (Å²) in [5.41, 5.74) is 3.96. The predicted octanol–water partition coefficient (Wildman–Crippen LogP) is 0.0175. The second-order valence-electron chi connectivity index (χ2n) is 2.95. The first-order chi connectivity index (χ1) is 8.47. The van der Waals surface area contributed by atoms with Crippen molar-refractivity contribution in [3.63, 3.8) is 0 Å². The molecule has 0 aliphatic heterocycles. The molecule has 1 aromatic rings. The van der Waals surface area contributed by atoms with Gasteiger partial charge in [-0.15, -0.1) is 0 Å². The van der Waals surface area contributed by atoms with Gasteiger partial charge in [-0.3, -0.25) is 4.79 Å². The molecule has 0 spiro atoms. The van der Waals surface area contributed by atoms with Gasteiger partial charge in [-0.1, -0.05) is 0 Å². The van der Waals surface area contributed by atoms with Crippen molar-refractivity contribution < 1.29 is 24.6 Å². The zero-order chi connectivity index (χ0) is 14.3. The van der Waals surface area contributed by atoms with Crippen molar-refractivity contribution >= 4 is 17.8 Å². The zero-order valence-electron chi connectivity index (χ0n) is 9.93. The molecule has 0 bridgehead atoms. The average molecular weight is 254 g/mol. The van der Waals surface area contributed by atoms with Crippen LogP contribution in [-0.4, -0.2) is 42.2 Å². The van der Waals surface area contributed by atoms with E-state index in [9.17, 15) is 14.4 Å². The monoisotopic (exact) mass is 254 g/mol. The van der Waals surface area contributed by atoms with E-state index in [4.69, 9.17) is 10.2 Å². The number of hydrogen-bond acceptors (Lipinski definition) is 4. The van der Waals surface area contributed by atoms with Gasteiger partial charge >= 0.3 is 11.9 Å². The van der Waals surface area contributed by atoms with Crippen molar-refractivity contribution in [1.82, 2.24) is 5.32 Å². The Kier molecular flexibility index (Phi) is 6.08. The summed E-state index contributed by atoms with van der Waals surface area (Å²) in [6.07, 6.45) is 0. The minimum absolute atomic E-state index is 0.136. The van der Waals surface area contributed by atoms with Crippen molar-refractivity contribution in [3.05, 3.63) is 34.9 Å². The number of benzene rings is 1. The van der Waals surface area contributed by atoms with Crippen molar-refractivity contribution in [1.29, 1.82) is 0 Å². The minimum Gasteiger partial charge on any atom is -0.478 e. The van der Waals surface area contributed by atoms with Gasteiger partial charge in [0.05, 0.1) is 16.7 Å². The number of nitrogens with two attached hydrogens (primary N) is 1. The van der Waals surface area contributed by atoms with E-state index < -0.39 is 17.8 Å². The van der Waals surface area contributed by atoms with Gasteiger partial charge in [0.1, 0.15) is 0 Å². The first-order valence-electron chi connectivity index (χ1n) is 4.87. The van der Waals surface area contributed by atoms with Gasteiger partial charge in [-0.25, -0.2) is 9.59 Å². The Labute approximate surface area is 103 Å². The Morgan fingerprint density at radius 2 is 1.61 bits per heavy atom.